The smallest absolute Gasteiger partial charge is 0.274 e. The maximum Gasteiger partial charge on any atom is 0.274 e. The maximum atomic E-state index is 13.2. The van der Waals surface area contributed by atoms with Crippen LogP contribution in [0.25, 0.3) is 17.1 Å². The van der Waals surface area contributed by atoms with Gasteiger partial charge in [-0.2, -0.15) is 4.98 Å². The lowest BCUT2D eigenvalue weighted by molar-refractivity contribution is 0.102. The fourth-order valence-electron chi connectivity index (χ4n) is 3.11. The van der Waals surface area contributed by atoms with Gasteiger partial charge in [-0.05, 0) is 43.2 Å². The van der Waals surface area contributed by atoms with E-state index in [9.17, 15) is 9.18 Å². The van der Waals surface area contributed by atoms with Crippen molar-refractivity contribution in [2.24, 2.45) is 0 Å². The highest BCUT2D eigenvalue weighted by atomic mass is 19.1. The van der Waals surface area contributed by atoms with Crippen molar-refractivity contribution in [2.75, 3.05) is 5.32 Å². The van der Waals surface area contributed by atoms with Gasteiger partial charge in [0.2, 0.25) is 0 Å². The molecule has 1 saturated carbocycles. The average Bonchev–Trinajstić information content (AvgIpc) is 3.12. The number of benzene rings is 1. The van der Waals surface area contributed by atoms with Gasteiger partial charge >= 0.3 is 0 Å². The molecule has 3 aromatic heterocycles. The van der Waals surface area contributed by atoms with E-state index in [2.05, 4.69) is 20.4 Å². The maximum absolute atomic E-state index is 13.2. The summed E-state index contributed by atoms with van der Waals surface area (Å²) in [7, 11) is 0. The minimum Gasteiger partial charge on any atom is -0.334 e. The van der Waals surface area contributed by atoms with E-state index in [0.717, 1.165) is 5.56 Å². The van der Waals surface area contributed by atoms with E-state index in [1.807, 2.05) is 37.3 Å². The van der Waals surface area contributed by atoms with E-state index in [4.69, 9.17) is 4.52 Å². The van der Waals surface area contributed by atoms with Gasteiger partial charge in [-0.1, -0.05) is 17.3 Å². The molecule has 5 rings (SSSR count). The van der Waals surface area contributed by atoms with E-state index >= 15 is 0 Å². The summed E-state index contributed by atoms with van der Waals surface area (Å²) in [5.74, 6) is 0.152. The van der Waals surface area contributed by atoms with E-state index in [1.165, 1.54) is 6.20 Å². The van der Waals surface area contributed by atoms with Crippen LogP contribution in [0.15, 0.2) is 53.3 Å². The molecule has 0 aliphatic heterocycles. The molecule has 0 unspecified atom stereocenters. The average molecular weight is 377 g/mol. The number of pyridine rings is 1. The third-order valence-corrected chi connectivity index (χ3v) is 4.87. The Morgan fingerprint density at radius 1 is 1.32 bits per heavy atom. The predicted octanol–water partition coefficient (Wildman–Crippen LogP) is 3.77. The molecule has 0 radical (unpaired) electrons. The van der Waals surface area contributed by atoms with Crippen LogP contribution in [-0.2, 0) is 0 Å². The van der Waals surface area contributed by atoms with Crippen molar-refractivity contribution >= 4 is 17.2 Å². The topological polar surface area (TPSA) is 85.3 Å². The van der Waals surface area contributed by atoms with E-state index in [1.54, 1.807) is 16.7 Å². The van der Waals surface area contributed by atoms with Crippen LogP contribution in [0.2, 0.25) is 0 Å². The summed E-state index contributed by atoms with van der Waals surface area (Å²) >= 11 is 0. The van der Waals surface area contributed by atoms with Crippen molar-refractivity contribution in [3.05, 3.63) is 65.9 Å². The zero-order valence-corrected chi connectivity index (χ0v) is 15.0. The number of anilines is 1. The summed E-state index contributed by atoms with van der Waals surface area (Å²) in [4.78, 5) is 21.3. The van der Waals surface area contributed by atoms with Gasteiger partial charge in [0, 0.05) is 17.4 Å². The number of amides is 1. The monoisotopic (exact) mass is 377 g/mol. The van der Waals surface area contributed by atoms with Crippen molar-refractivity contribution in [3.63, 3.8) is 0 Å². The lowest BCUT2D eigenvalue weighted by Crippen LogP contribution is -2.15. The van der Waals surface area contributed by atoms with Crippen LogP contribution in [0.5, 0.6) is 0 Å². The second-order valence-corrected chi connectivity index (χ2v) is 6.87. The highest BCUT2D eigenvalue weighted by Gasteiger charge is 2.42. The Labute approximate surface area is 159 Å². The molecular weight excluding hydrogens is 361 g/mol. The molecule has 3 heterocycles. The van der Waals surface area contributed by atoms with Crippen molar-refractivity contribution < 1.29 is 13.7 Å². The second-order valence-electron chi connectivity index (χ2n) is 6.87. The van der Waals surface area contributed by atoms with Gasteiger partial charge in [0.15, 0.2) is 5.82 Å². The SMILES string of the molecule is Cc1ccc(-c2nc([C@H]3C[C@@H]3F)no2)cc1NC(=O)c1cnc2ccccn12. The number of carbonyl (C=O) groups excluding carboxylic acids is 1. The van der Waals surface area contributed by atoms with Gasteiger partial charge in [0.1, 0.15) is 17.5 Å². The summed E-state index contributed by atoms with van der Waals surface area (Å²) in [5.41, 5.74) is 3.31. The van der Waals surface area contributed by atoms with Crippen LogP contribution in [-0.4, -0.2) is 31.6 Å². The highest BCUT2D eigenvalue weighted by molar-refractivity contribution is 6.04. The van der Waals surface area contributed by atoms with Crippen molar-refractivity contribution in [1.82, 2.24) is 19.5 Å². The van der Waals surface area contributed by atoms with Gasteiger partial charge in [0.25, 0.3) is 11.8 Å². The Kier molecular flexibility index (Phi) is 3.71. The van der Waals surface area contributed by atoms with Gasteiger partial charge in [-0.15, -0.1) is 0 Å². The Morgan fingerprint density at radius 2 is 2.18 bits per heavy atom. The molecule has 0 bridgehead atoms. The summed E-state index contributed by atoms with van der Waals surface area (Å²) in [6.45, 7) is 1.89. The quantitative estimate of drug-likeness (QED) is 0.585. The number of hydrogen-bond donors (Lipinski definition) is 1. The second kappa shape index (κ2) is 6.26. The summed E-state index contributed by atoms with van der Waals surface area (Å²) in [6.07, 6.45) is 2.88. The zero-order valence-electron chi connectivity index (χ0n) is 15.0. The molecule has 1 amide bonds. The van der Waals surface area contributed by atoms with Crippen molar-refractivity contribution in [1.29, 1.82) is 0 Å². The van der Waals surface area contributed by atoms with E-state index < -0.39 is 6.17 Å². The van der Waals surface area contributed by atoms with Gasteiger partial charge in [0.05, 0.1) is 12.1 Å². The molecule has 0 saturated heterocycles. The molecule has 1 aliphatic rings. The number of imidazole rings is 1. The highest BCUT2D eigenvalue weighted by Crippen LogP contribution is 2.42. The van der Waals surface area contributed by atoms with Gasteiger partial charge < -0.3 is 9.84 Å². The fraction of sp³-hybridized carbons (Fsp3) is 0.200. The molecule has 7 nitrogen and oxygen atoms in total. The number of hydrogen-bond acceptors (Lipinski definition) is 5. The lowest BCUT2D eigenvalue weighted by Gasteiger charge is -2.09. The Balaban J connectivity index is 1.43. The number of halogens is 1. The standard InChI is InChI=1S/C20H16FN5O2/c1-11-5-6-12(20-24-18(25-28-20)13-9-14(13)21)8-15(11)23-19(27)16-10-22-17-4-2-3-7-26(16)17/h2-8,10,13-14H,9H2,1H3,(H,23,27)/t13-,14-/m0/s1. The van der Waals surface area contributed by atoms with Crippen LogP contribution < -0.4 is 5.32 Å². The van der Waals surface area contributed by atoms with Crippen LogP contribution >= 0.6 is 0 Å². The number of nitrogens with one attached hydrogen (secondary N) is 1. The molecule has 1 N–H and O–H groups in total. The van der Waals surface area contributed by atoms with E-state index in [-0.39, 0.29) is 11.8 Å². The number of rotatable bonds is 4. The Bertz CT molecular complexity index is 1200. The number of aromatic nitrogens is 4. The van der Waals surface area contributed by atoms with Gasteiger partial charge in [-0.3, -0.25) is 9.20 Å². The first kappa shape index (κ1) is 16.6. The largest absolute Gasteiger partial charge is 0.334 e. The van der Waals surface area contributed by atoms with Crippen LogP contribution in [0.3, 0.4) is 0 Å². The molecule has 4 aromatic rings. The summed E-state index contributed by atoms with van der Waals surface area (Å²) in [5, 5.41) is 6.78. The molecular formula is C20H16FN5O2. The molecule has 2 atom stereocenters. The summed E-state index contributed by atoms with van der Waals surface area (Å²) < 4.78 is 20.2. The first-order valence-electron chi connectivity index (χ1n) is 8.92. The first-order chi connectivity index (χ1) is 13.6. The third kappa shape index (κ3) is 2.83. The number of alkyl halides is 1. The molecule has 1 fully saturated rings. The Morgan fingerprint density at radius 3 is 3.00 bits per heavy atom. The van der Waals surface area contributed by atoms with Crippen LogP contribution in [0.4, 0.5) is 10.1 Å². The van der Waals surface area contributed by atoms with Crippen molar-refractivity contribution in [3.8, 4) is 11.5 Å². The minimum atomic E-state index is -0.885. The zero-order chi connectivity index (χ0) is 19.3. The number of carbonyl (C=O) groups is 1. The normalized spacial score (nSPS) is 18.4. The predicted molar refractivity (Wildman–Crippen MR) is 99.9 cm³/mol. The lowest BCUT2D eigenvalue weighted by atomic mass is 10.1. The van der Waals surface area contributed by atoms with Crippen LogP contribution in [0, 0.1) is 6.92 Å². The minimum absolute atomic E-state index is 0.266. The number of nitrogens with zero attached hydrogens (tertiary/aromatic N) is 4. The summed E-state index contributed by atoms with van der Waals surface area (Å²) in [6, 6.07) is 11.0. The molecule has 28 heavy (non-hydrogen) atoms. The van der Waals surface area contributed by atoms with E-state index in [0.29, 0.717) is 40.7 Å². The number of fused-ring (bicyclic) bond motifs is 1. The van der Waals surface area contributed by atoms with Crippen LogP contribution in [0.1, 0.15) is 34.2 Å². The third-order valence-electron chi connectivity index (χ3n) is 4.87. The molecule has 1 aliphatic carbocycles. The molecule has 140 valence electrons. The molecule has 8 heteroatoms. The Hall–Kier alpha value is -3.55. The number of aryl methyl sites for hydroxylation is 1. The van der Waals surface area contributed by atoms with Gasteiger partial charge in [-0.25, -0.2) is 9.37 Å². The fourth-order valence-corrected chi connectivity index (χ4v) is 3.11. The van der Waals surface area contributed by atoms with Crippen molar-refractivity contribution in [2.45, 2.75) is 25.4 Å². The molecule has 0 spiro atoms. The first-order valence-corrected chi connectivity index (χ1v) is 8.92. The molecule has 1 aromatic carbocycles.